The highest BCUT2D eigenvalue weighted by molar-refractivity contribution is 8.93. The molecule has 0 saturated carbocycles. The summed E-state index contributed by atoms with van der Waals surface area (Å²) in [4.78, 5) is 23.5. The van der Waals surface area contributed by atoms with Crippen molar-refractivity contribution in [2.24, 2.45) is 0 Å². The molecule has 0 unspecified atom stereocenters. The third-order valence-corrected chi connectivity index (χ3v) is 2.53. The monoisotopic (exact) mass is 341 g/mol. The van der Waals surface area contributed by atoms with Gasteiger partial charge in [0.2, 0.25) is 0 Å². The molecule has 0 saturated heterocycles. The fraction of sp³-hybridized carbons (Fsp3) is 0.333. The lowest BCUT2D eigenvalue weighted by Crippen LogP contribution is -2.20. The standard InChI is InChI=1S/C8H15NO2.C7H4O.BrH/c1-7(2)8(10)11-6-5-9(3)4;8-7-5-1-2-6(7)4-3-5;/h1,5-6H2,2-4H3;1-4H;1H. The highest BCUT2D eigenvalue weighted by Crippen LogP contribution is 2.23. The molecular weight excluding hydrogens is 322 g/mol. The van der Waals surface area contributed by atoms with Crippen LogP contribution >= 0.6 is 17.0 Å². The molecule has 2 aliphatic rings. The number of ether oxygens (including phenoxy) is 1. The van der Waals surface area contributed by atoms with Gasteiger partial charge in [-0.2, -0.15) is 0 Å². The lowest BCUT2D eigenvalue weighted by Gasteiger charge is -2.09. The van der Waals surface area contributed by atoms with E-state index in [1.54, 1.807) is 6.92 Å². The minimum atomic E-state index is -0.313. The Morgan fingerprint density at radius 2 is 1.75 bits per heavy atom. The molecule has 5 heteroatoms. The third kappa shape index (κ3) is 5.67. The van der Waals surface area contributed by atoms with Crippen LogP contribution in [0.15, 0.2) is 47.6 Å². The highest BCUT2D eigenvalue weighted by atomic mass is 79.9. The Labute approximate surface area is 130 Å². The summed E-state index contributed by atoms with van der Waals surface area (Å²) >= 11 is 0. The molecule has 0 aromatic rings. The van der Waals surface area contributed by atoms with Crippen LogP contribution in [0.25, 0.3) is 0 Å². The van der Waals surface area contributed by atoms with Gasteiger partial charge in [0.05, 0.1) is 0 Å². The van der Waals surface area contributed by atoms with Gasteiger partial charge in [0, 0.05) is 23.3 Å². The molecule has 20 heavy (non-hydrogen) atoms. The smallest absolute Gasteiger partial charge is 0.333 e. The van der Waals surface area contributed by atoms with Gasteiger partial charge in [0.1, 0.15) is 6.61 Å². The van der Waals surface area contributed by atoms with Gasteiger partial charge in [-0.3, -0.25) is 4.79 Å². The minimum absolute atomic E-state index is 0. The lowest BCUT2D eigenvalue weighted by molar-refractivity contribution is -0.139. The van der Waals surface area contributed by atoms with Gasteiger partial charge >= 0.3 is 5.97 Å². The topological polar surface area (TPSA) is 46.6 Å². The number of halogens is 1. The molecule has 0 amide bonds. The van der Waals surface area contributed by atoms with Gasteiger partial charge in [-0.1, -0.05) is 30.9 Å². The molecule has 2 aliphatic carbocycles. The molecule has 4 nitrogen and oxygen atoms in total. The average molecular weight is 342 g/mol. The number of carbonyl (C=O) groups is 2. The van der Waals surface area contributed by atoms with E-state index in [4.69, 9.17) is 4.74 Å². The van der Waals surface area contributed by atoms with E-state index in [0.717, 1.165) is 17.7 Å². The normalized spacial score (nSPS) is 14.1. The molecule has 0 heterocycles. The predicted molar refractivity (Wildman–Crippen MR) is 85.0 cm³/mol. The average Bonchev–Trinajstić information content (AvgIpc) is 2.87. The zero-order valence-corrected chi connectivity index (χ0v) is 13.7. The molecule has 0 fully saturated rings. The summed E-state index contributed by atoms with van der Waals surface area (Å²) in [7, 11) is 3.85. The zero-order valence-electron chi connectivity index (χ0n) is 12.0. The molecule has 2 rings (SSSR count). The maximum Gasteiger partial charge on any atom is 0.333 e. The van der Waals surface area contributed by atoms with Gasteiger partial charge in [-0.15, -0.1) is 17.0 Å². The molecule has 0 aliphatic heterocycles. The van der Waals surface area contributed by atoms with Crippen LogP contribution in [-0.4, -0.2) is 43.9 Å². The van der Waals surface area contributed by atoms with Gasteiger partial charge < -0.3 is 9.64 Å². The molecule has 0 aromatic carbocycles. The Kier molecular flexibility index (Phi) is 8.03. The second-order valence-electron chi connectivity index (χ2n) is 4.63. The van der Waals surface area contributed by atoms with Gasteiger partial charge in [-0.25, -0.2) is 4.79 Å². The van der Waals surface area contributed by atoms with Crippen LogP contribution in [0.4, 0.5) is 0 Å². The second-order valence-corrected chi connectivity index (χ2v) is 4.63. The summed E-state index contributed by atoms with van der Waals surface area (Å²) in [6, 6.07) is 0. The molecule has 0 radical (unpaired) electrons. The van der Waals surface area contributed by atoms with Crippen LogP contribution in [0.1, 0.15) is 6.92 Å². The Morgan fingerprint density at radius 1 is 1.25 bits per heavy atom. The Balaban J connectivity index is 0.000000354. The van der Waals surface area contributed by atoms with Crippen molar-refractivity contribution in [1.29, 1.82) is 0 Å². The number of likely N-dealkylation sites (N-methyl/N-ethyl adjacent to an activating group) is 1. The Morgan fingerprint density at radius 3 is 2.00 bits per heavy atom. The first-order valence-corrected chi connectivity index (χ1v) is 6.04. The number of Topliss-reactive ketones (excluding diaryl/α,β-unsaturated/α-hetero) is 1. The maximum atomic E-state index is 10.8. The van der Waals surface area contributed by atoms with Crippen LogP contribution in [0.3, 0.4) is 0 Å². The van der Waals surface area contributed by atoms with Crippen molar-refractivity contribution in [3.8, 4) is 0 Å². The first kappa shape index (κ1) is 18.5. The Bertz CT molecular complexity index is 463. The van der Waals surface area contributed by atoms with Crippen molar-refractivity contribution in [1.82, 2.24) is 4.90 Å². The van der Waals surface area contributed by atoms with E-state index in [1.807, 2.05) is 43.3 Å². The van der Waals surface area contributed by atoms with Crippen LogP contribution in [0.2, 0.25) is 0 Å². The van der Waals surface area contributed by atoms with Crippen molar-refractivity contribution in [2.45, 2.75) is 6.92 Å². The summed E-state index contributed by atoms with van der Waals surface area (Å²) in [6.45, 7) is 6.28. The first-order valence-electron chi connectivity index (χ1n) is 6.04. The number of esters is 1. The van der Waals surface area contributed by atoms with E-state index >= 15 is 0 Å². The number of carbonyl (C=O) groups excluding carboxylic acids is 2. The minimum Gasteiger partial charge on any atom is -0.461 e. The van der Waals surface area contributed by atoms with Crippen LogP contribution in [0, 0.1) is 0 Å². The van der Waals surface area contributed by atoms with Crippen LogP contribution in [-0.2, 0) is 14.3 Å². The van der Waals surface area contributed by atoms with Crippen molar-refractivity contribution in [2.75, 3.05) is 27.2 Å². The van der Waals surface area contributed by atoms with E-state index < -0.39 is 0 Å². The predicted octanol–water partition coefficient (Wildman–Crippen LogP) is 2.24. The number of allylic oxidation sites excluding steroid dienone is 6. The molecule has 0 aromatic heterocycles. The van der Waals surface area contributed by atoms with Gasteiger partial charge in [-0.05, 0) is 21.0 Å². The van der Waals surface area contributed by atoms with E-state index in [2.05, 4.69) is 6.58 Å². The quantitative estimate of drug-likeness (QED) is 0.581. The number of fused-ring (bicyclic) bond motifs is 2. The van der Waals surface area contributed by atoms with E-state index in [0.29, 0.717) is 12.2 Å². The summed E-state index contributed by atoms with van der Waals surface area (Å²) in [5.74, 6) is -0.128. The maximum absolute atomic E-state index is 10.8. The fourth-order valence-electron chi connectivity index (χ4n) is 1.38. The molecular formula is C15H20BrNO3. The summed E-state index contributed by atoms with van der Waals surface area (Å²) in [6.07, 6.45) is 7.38. The number of rotatable bonds is 4. The van der Waals surface area contributed by atoms with E-state index in [-0.39, 0.29) is 28.7 Å². The molecule has 2 bridgehead atoms. The van der Waals surface area contributed by atoms with Crippen molar-refractivity contribution < 1.29 is 14.3 Å². The van der Waals surface area contributed by atoms with Crippen molar-refractivity contribution in [3.63, 3.8) is 0 Å². The number of hydrogen-bond acceptors (Lipinski definition) is 4. The summed E-state index contributed by atoms with van der Waals surface area (Å²) in [5, 5.41) is 0. The largest absolute Gasteiger partial charge is 0.461 e. The molecule has 0 spiro atoms. The summed E-state index contributed by atoms with van der Waals surface area (Å²) in [5.41, 5.74) is 2.11. The van der Waals surface area contributed by atoms with Gasteiger partial charge in [0.25, 0.3) is 0 Å². The van der Waals surface area contributed by atoms with Crippen molar-refractivity contribution in [3.05, 3.63) is 47.6 Å². The summed E-state index contributed by atoms with van der Waals surface area (Å²) < 4.78 is 4.83. The number of nitrogens with zero attached hydrogens (tertiary/aromatic N) is 1. The molecule has 0 atom stereocenters. The van der Waals surface area contributed by atoms with Gasteiger partial charge in [0.15, 0.2) is 5.78 Å². The lowest BCUT2D eigenvalue weighted by atomic mass is 10.2. The first-order chi connectivity index (χ1) is 8.91. The zero-order chi connectivity index (χ0) is 14.4. The molecule has 0 N–H and O–H groups in total. The second kappa shape index (κ2) is 8.66. The van der Waals surface area contributed by atoms with E-state index in [1.165, 1.54) is 0 Å². The highest BCUT2D eigenvalue weighted by Gasteiger charge is 2.19. The van der Waals surface area contributed by atoms with Crippen molar-refractivity contribution >= 4 is 28.7 Å². The number of hydrogen-bond donors (Lipinski definition) is 0. The number of ketones is 1. The molecule has 110 valence electrons. The SMILES string of the molecule is Br.C=C(C)C(=O)OCCN(C)C.O=C1C2=CC=C1C=C2. The fourth-order valence-corrected chi connectivity index (χ4v) is 1.38. The van der Waals surface area contributed by atoms with Crippen LogP contribution in [0.5, 0.6) is 0 Å². The van der Waals surface area contributed by atoms with Crippen LogP contribution < -0.4 is 0 Å². The van der Waals surface area contributed by atoms with E-state index in [9.17, 15) is 9.59 Å². The third-order valence-electron chi connectivity index (χ3n) is 2.53. The Hall–Kier alpha value is -1.46.